The number of aromatic nitrogens is 1. The molecule has 1 aliphatic rings. The van der Waals surface area contributed by atoms with Crippen molar-refractivity contribution >= 4 is 17.6 Å². The Morgan fingerprint density at radius 3 is 3.18 bits per heavy atom. The van der Waals surface area contributed by atoms with Gasteiger partial charge in [0, 0.05) is 41.9 Å². The summed E-state index contributed by atoms with van der Waals surface area (Å²) in [4.78, 5) is 6.92. The zero-order valence-corrected chi connectivity index (χ0v) is 11.4. The normalized spacial score (nSPS) is 22.5. The Morgan fingerprint density at radius 1 is 1.65 bits per heavy atom. The Hall–Kier alpha value is -0.740. The van der Waals surface area contributed by atoms with E-state index in [1.54, 1.807) is 0 Å². The molecule has 2 atom stereocenters. The molecule has 0 aliphatic carbocycles. The second kappa shape index (κ2) is 5.74. The minimum absolute atomic E-state index is 0.0494. The van der Waals surface area contributed by atoms with E-state index in [-0.39, 0.29) is 6.04 Å². The first-order valence-corrected chi connectivity index (χ1v) is 7.34. The van der Waals surface area contributed by atoms with Crippen LogP contribution in [0.25, 0.3) is 0 Å². The number of thioether (sulfide) groups is 1. The van der Waals surface area contributed by atoms with Crippen molar-refractivity contribution in [3.8, 4) is 0 Å². The monoisotopic (exact) mass is 251 g/mol. The van der Waals surface area contributed by atoms with Crippen molar-refractivity contribution in [1.82, 2.24) is 4.98 Å². The molecule has 2 unspecified atom stereocenters. The summed E-state index contributed by atoms with van der Waals surface area (Å²) in [6.45, 7) is 6.46. The van der Waals surface area contributed by atoms with Crippen LogP contribution in [0, 0.1) is 0 Å². The summed E-state index contributed by atoms with van der Waals surface area (Å²) in [6, 6.07) is 4.11. The van der Waals surface area contributed by atoms with Gasteiger partial charge in [-0.1, -0.05) is 13.0 Å². The summed E-state index contributed by atoms with van der Waals surface area (Å²) in [7, 11) is 0. The standard InChI is InChI=1S/C13H21N3S/c1-3-11-9-16(7-8-17-11)13-12(10(2)14)5-4-6-15-13/h4-6,10-11H,3,7-9,14H2,1-2H3. The summed E-state index contributed by atoms with van der Waals surface area (Å²) in [6.07, 6.45) is 3.09. The quantitative estimate of drug-likeness (QED) is 0.896. The maximum absolute atomic E-state index is 6.02. The summed E-state index contributed by atoms with van der Waals surface area (Å²) < 4.78 is 0. The highest BCUT2D eigenvalue weighted by Gasteiger charge is 2.22. The molecule has 1 fully saturated rings. The number of hydrogen-bond donors (Lipinski definition) is 1. The fourth-order valence-electron chi connectivity index (χ4n) is 2.19. The Balaban J connectivity index is 2.21. The highest BCUT2D eigenvalue weighted by molar-refractivity contribution is 8.00. The molecule has 94 valence electrons. The molecule has 0 aromatic carbocycles. The molecule has 2 rings (SSSR count). The lowest BCUT2D eigenvalue weighted by Crippen LogP contribution is -2.39. The van der Waals surface area contributed by atoms with Crippen LogP contribution in [0.3, 0.4) is 0 Å². The molecule has 1 saturated heterocycles. The van der Waals surface area contributed by atoms with Crippen LogP contribution in [0.15, 0.2) is 18.3 Å². The molecule has 17 heavy (non-hydrogen) atoms. The van der Waals surface area contributed by atoms with Crippen molar-refractivity contribution in [1.29, 1.82) is 0 Å². The topological polar surface area (TPSA) is 42.2 Å². The van der Waals surface area contributed by atoms with Crippen LogP contribution in [0.5, 0.6) is 0 Å². The summed E-state index contributed by atoms with van der Waals surface area (Å²) in [5, 5.41) is 0.728. The van der Waals surface area contributed by atoms with Gasteiger partial charge < -0.3 is 10.6 Å². The van der Waals surface area contributed by atoms with Crippen molar-refractivity contribution < 1.29 is 0 Å². The molecule has 0 spiro atoms. The first-order chi connectivity index (χ1) is 8.22. The van der Waals surface area contributed by atoms with E-state index in [1.807, 2.05) is 19.2 Å². The molecule has 0 amide bonds. The van der Waals surface area contributed by atoms with Crippen molar-refractivity contribution in [2.75, 3.05) is 23.7 Å². The van der Waals surface area contributed by atoms with Gasteiger partial charge in [-0.15, -0.1) is 0 Å². The Morgan fingerprint density at radius 2 is 2.47 bits per heavy atom. The third-order valence-electron chi connectivity index (χ3n) is 3.20. The lowest BCUT2D eigenvalue weighted by atomic mass is 10.1. The second-order valence-electron chi connectivity index (χ2n) is 4.55. The first kappa shape index (κ1) is 12.7. The number of hydrogen-bond acceptors (Lipinski definition) is 4. The summed E-state index contributed by atoms with van der Waals surface area (Å²) >= 11 is 2.08. The van der Waals surface area contributed by atoms with Gasteiger partial charge in [-0.25, -0.2) is 4.98 Å². The molecular weight excluding hydrogens is 230 g/mol. The molecule has 1 aliphatic heterocycles. The molecule has 0 saturated carbocycles. The predicted octanol–water partition coefficient (Wildman–Crippen LogP) is 2.43. The largest absolute Gasteiger partial charge is 0.354 e. The van der Waals surface area contributed by atoms with Crippen LogP contribution < -0.4 is 10.6 Å². The fourth-order valence-corrected chi connectivity index (χ4v) is 3.37. The van der Waals surface area contributed by atoms with E-state index < -0.39 is 0 Å². The van der Waals surface area contributed by atoms with Gasteiger partial charge in [0.25, 0.3) is 0 Å². The predicted molar refractivity (Wildman–Crippen MR) is 75.6 cm³/mol. The average molecular weight is 251 g/mol. The summed E-state index contributed by atoms with van der Waals surface area (Å²) in [5.74, 6) is 2.27. The van der Waals surface area contributed by atoms with E-state index >= 15 is 0 Å². The van der Waals surface area contributed by atoms with E-state index in [0.717, 1.165) is 29.7 Å². The summed E-state index contributed by atoms with van der Waals surface area (Å²) in [5.41, 5.74) is 7.18. The van der Waals surface area contributed by atoms with Crippen molar-refractivity contribution in [3.63, 3.8) is 0 Å². The van der Waals surface area contributed by atoms with Crippen molar-refractivity contribution in [2.24, 2.45) is 5.73 Å². The molecule has 3 nitrogen and oxygen atoms in total. The van der Waals surface area contributed by atoms with E-state index in [2.05, 4.69) is 34.6 Å². The highest BCUT2D eigenvalue weighted by Crippen LogP contribution is 2.28. The van der Waals surface area contributed by atoms with Gasteiger partial charge in [0.2, 0.25) is 0 Å². The SMILES string of the molecule is CCC1CN(c2ncccc2C(C)N)CCS1. The minimum atomic E-state index is 0.0494. The molecule has 0 radical (unpaired) electrons. The van der Waals surface area contributed by atoms with Gasteiger partial charge in [0.1, 0.15) is 5.82 Å². The lowest BCUT2D eigenvalue weighted by Gasteiger charge is -2.34. The Kier molecular flexibility index (Phi) is 4.29. The molecular formula is C13H21N3S. The van der Waals surface area contributed by atoms with Crippen LogP contribution in [-0.4, -0.2) is 29.1 Å². The van der Waals surface area contributed by atoms with Crippen LogP contribution in [0.1, 0.15) is 31.9 Å². The maximum atomic E-state index is 6.02. The minimum Gasteiger partial charge on any atom is -0.354 e. The van der Waals surface area contributed by atoms with Gasteiger partial charge in [-0.2, -0.15) is 11.8 Å². The van der Waals surface area contributed by atoms with Gasteiger partial charge in [0.05, 0.1) is 0 Å². The first-order valence-electron chi connectivity index (χ1n) is 6.29. The molecule has 1 aromatic heterocycles. The zero-order valence-electron chi connectivity index (χ0n) is 10.6. The van der Waals surface area contributed by atoms with Crippen LogP contribution in [-0.2, 0) is 0 Å². The second-order valence-corrected chi connectivity index (χ2v) is 5.96. The van der Waals surface area contributed by atoms with E-state index in [9.17, 15) is 0 Å². The highest BCUT2D eigenvalue weighted by atomic mass is 32.2. The molecule has 2 N–H and O–H groups in total. The number of nitrogens with two attached hydrogens (primary N) is 1. The smallest absolute Gasteiger partial charge is 0.133 e. The van der Waals surface area contributed by atoms with Crippen LogP contribution in [0.4, 0.5) is 5.82 Å². The molecule has 1 aromatic rings. The van der Waals surface area contributed by atoms with Gasteiger partial charge >= 0.3 is 0 Å². The molecule has 4 heteroatoms. The van der Waals surface area contributed by atoms with Gasteiger partial charge in [-0.05, 0) is 19.4 Å². The third kappa shape index (κ3) is 2.93. The fraction of sp³-hybridized carbons (Fsp3) is 0.615. The Bertz CT molecular complexity index is 367. The lowest BCUT2D eigenvalue weighted by molar-refractivity contribution is 0.705. The number of anilines is 1. The maximum Gasteiger partial charge on any atom is 0.133 e. The van der Waals surface area contributed by atoms with E-state index in [0.29, 0.717) is 0 Å². The Labute approximate surface area is 108 Å². The zero-order chi connectivity index (χ0) is 12.3. The van der Waals surface area contributed by atoms with Crippen molar-refractivity contribution in [3.05, 3.63) is 23.9 Å². The average Bonchev–Trinajstić information content (AvgIpc) is 2.39. The van der Waals surface area contributed by atoms with Crippen LogP contribution >= 0.6 is 11.8 Å². The van der Waals surface area contributed by atoms with E-state index in [1.165, 1.54) is 12.2 Å². The van der Waals surface area contributed by atoms with Gasteiger partial charge in [-0.3, -0.25) is 0 Å². The third-order valence-corrected chi connectivity index (χ3v) is 4.57. The van der Waals surface area contributed by atoms with Crippen LogP contribution in [0.2, 0.25) is 0 Å². The number of nitrogens with zero attached hydrogens (tertiary/aromatic N) is 2. The molecule has 2 heterocycles. The molecule has 0 bridgehead atoms. The number of pyridine rings is 1. The number of rotatable bonds is 3. The van der Waals surface area contributed by atoms with Crippen molar-refractivity contribution in [2.45, 2.75) is 31.6 Å². The van der Waals surface area contributed by atoms with Gasteiger partial charge in [0.15, 0.2) is 0 Å². The van der Waals surface area contributed by atoms with E-state index in [4.69, 9.17) is 5.73 Å².